The van der Waals surface area contributed by atoms with Crippen molar-refractivity contribution in [3.05, 3.63) is 35.2 Å². The molecular formula is C12H12N2O2. The third-order valence-electron chi connectivity index (χ3n) is 2.55. The molecule has 0 fully saturated rings. The molecule has 2 aromatic carbocycles. The molecule has 0 radical (unpaired) electrons. The van der Waals surface area contributed by atoms with Crippen LogP contribution in [0.3, 0.4) is 0 Å². The number of rotatable bonds is 2. The summed E-state index contributed by atoms with van der Waals surface area (Å²) in [6.07, 6.45) is 0. The minimum absolute atomic E-state index is 0.0857. The molecule has 0 atom stereocenters. The van der Waals surface area contributed by atoms with E-state index < -0.39 is 0 Å². The summed E-state index contributed by atoms with van der Waals surface area (Å²) in [6, 6.07) is 8.94. The van der Waals surface area contributed by atoms with Crippen LogP contribution in [0.5, 0.6) is 5.75 Å². The highest BCUT2D eigenvalue weighted by Crippen LogP contribution is 2.40. The second-order valence-corrected chi connectivity index (χ2v) is 3.79. The smallest absolute Gasteiger partial charge is 0.157 e. The van der Waals surface area contributed by atoms with Gasteiger partial charge >= 0.3 is 0 Å². The Bertz CT molecular complexity index is 550. The third kappa shape index (κ3) is 1.48. The van der Waals surface area contributed by atoms with Crippen molar-refractivity contribution in [2.75, 3.05) is 19.0 Å². The molecule has 82 valence electrons. The first kappa shape index (κ1) is 10.4. The first-order valence-electron chi connectivity index (χ1n) is 4.90. The minimum atomic E-state index is -0.0857. The fourth-order valence-electron chi connectivity index (χ4n) is 1.79. The first-order chi connectivity index (χ1) is 7.65. The zero-order valence-electron chi connectivity index (χ0n) is 9.14. The van der Waals surface area contributed by atoms with E-state index in [4.69, 9.17) is 0 Å². The second-order valence-electron chi connectivity index (χ2n) is 3.79. The summed E-state index contributed by atoms with van der Waals surface area (Å²) in [5.41, 5.74) is 0.960. The lowest BCUT2D eigenvalue weighted by Crippen LogP contribution is -2.08. The van der Waals surface area contributed by atoms with Crippen LogP contribution in [0, 0.1) is 4.91 Å². The molecule has 0 saturated carbocycles. The minimum Gasteiger partial charge on any atom is -0.505 e. The molecule has 2 aromatic rings. The van der Waals surface area contributed by atoms with Crippen LogP contribution in [0.15, 0.2) is 35.5 Å². The molecular weight excluding hydrogens is 204 g/mol. The molecule has 4 heteroatoms. The summed E-state index contributed by atoms with van der Waals surface area (Å²) < 4.78 is 0. The quantitative estimate of drug-likeness (QED) is 0.785. The molecule has 0 aromatic heterocycles. The van der Waals surface area contributed by atoms with Crippen LogP contribution in [0.2, 0.25) is 0 Å². The molecule has 0 unspecified atom stereocenters. The van der Waals surface area contributed by atoms with E-state index in [0.29, 0.717) is 5.39 Å². The fraction of sp³-hybridized carbons (Fsp3) is 0.167. The van der Waals surface area contributed by atoms with Crippen molar-refractivity contribution in [1.29, 1.82) is 0 Å². The van der Waals surface area contributed by atoms with Crippen molar-refractivity contribution < 1.29 is 5.11 Å². The Morgan fingerprint density at radius 1 is 1.19 bits per heavy atom. The molecule has 1 N–H and O–H groups in total. The van der Waals surface area contributed by atoms with E-state index in [1.807, 2.05) is 37.2 Å². The molecule has 0 amide bonds. The molecule has 0 saturated heterocycles. The summed E-state index contributed by atoms with van der Waals surface area (Å²) in [7, 11) is 3.77. The van der Waals surface area contributed by atoms with Gasteiger partial charge in [0.2, 0.25) is 0 Å². The van der Waals surface area contributed by atoms with Crippen molar-refractivity contribution in [3.8, 4) is 5.75 Å². The van der Waals surface area contributed by atoms with Crippen LogP contribution in [-0.4, -0.2) is 19.2 Å². The molecule has 2 rings (SSSR count). The average molecular weight is 216 g/mol. The molecule has 0 aliphatic rings. The second kappa shape index (κ2) is 3.81. The standard InChI is InChI=1S/C12H12N2O2/c1-14(2)10-7-11(15)12(13-16)9-6-4-3-5-8(9)10/h3-7,15H,1-2H3. The largest absolute Gasteiger partial charge is 0.505 e. The zero-order chi connectivity index (χ0) is 11.7. The highest BCUT2D eigenvalue weighted by molar-refractivity contribution is 6.03. The lowest BCUT2D eigenvalue weighted by atomic mass is 10.1. The SMILES string of the molecule is CN(C)c1cc(O)c(N=O)c2ccccc12. The number of phenols is 1. The number of hydrogen-bond acceptors (Lipinski definition) is 4. The zero-order valence-corrected chi connectivity index (χ0v) is 9.14. The van der Waals surface area contributed by atoms with E-state index in [-0.39, 0.29) is 11.4 Å². The van der Waals surface area contributed by atoms with Crippen molar-refractivity contribution in [2.24, 2.45) is 5.18 Å². The van der Waals surface area contributed by atoms with Crippen LogP contribution in [0.25, 0.3) is 10.8 Å². The van der Waals surface area contributed by atoms with Crippen LogP contribution in [0.1, 0.15) is 0 Å². The number of nitroso groups, excluding NO2 is 1. The van der Waals surface area contributed by atoms with E-state index in [9.17, 15) is 10.0 Å². The number of fused-ring (bicyclic) bond motifs is 1. The first-order valence-corrected chi connectivity index (χ1v) is 4.90. The van der Waals surface area contributed by atoms with E-state index in [0.717, 1.165) is 11.1 Å². The van der Waals surface area contributed by atoms with Gasteiger partial charge in [0.05, 0.1) is 0 Å². The van der Waals surface area contributed by atoms with Gasteiger partial charge in [-0.15, -0.1) is 4.91 Å². The molecule has 4 nitrogen and oxygen atoms in total. The number of nitrogens with zero attached hydrogens (tertiary/aromatic N) is 2. The van der Waals surface area contributed by atoms with Gasteiger partial charge in [0, 0.05) is 36.6 Å². The average Bonchev–Trinajstić information content (AvgIpc) is 2.28. The van der Waals surface area contributed by atoms with Crippen molar-refractivity contribution in [2.45, 2.75) is 0 Å². The summed E-state index contributed by atoms with van der Waals surface area (Å²) >= 11 is 0. The molecule has 0 aliphatic carbocycles. The van der Waals surface area contributed by atoms with Gasteiger partial charge in [-0.05, 0) is 5.18 Å². The number of phenolic OH excluding ortho intramolecular Hbond substituents is 1. The van der Waals surface area contributed by atoms with Gasteiger partial charge in [0.1, 0.15) is 5.75 Å². The maximum Gasteiger partial charge on any atom is 0.157 e. The van der Waals surface area contributed by atoms with E-state index in [2.05, 4.69) is 5.18 Å². The van der Waals surface area contributed by atoms with Gasteiger partial charge in [-0.25, -0.2) is 0 Å². The Hall–Kier alpha value is -2.10. The van der Waals surface area contributed by atoms with E-state index in [1.165, 1.54) is 0 Å². The van der Waals surface area contributed by atoms with Gasteiger partial charge in [-0.1, -0.05) is 24.3 Å². The summed E-state index contributed by atoms with van der Waals surface area (Å²) in [5.74, 6) is -0.0857. The normalized spacial score (nSPS) is 10.4. The predicted octanol–water partition coefficient (Wildman–Crippen LogP) is 3.01. The van der Waals surface area contributed by atoms with Crippen molar-refractivity contribution in [1.82, 2.24) is 0 Å². The Morgan fingerprint density at radius 3 is 2.38 bits per heavy atom. The topological polar surface area (TPSA) is 52.9 Å². The van der Waals surface area contributed by atoms with Gasteiger partial charge in [-0.3, -0.25) is 0 Å². The Kier molecular flexibility index (Phi) is 2.48. The van der Waals surface area contributed by atoms with Crippen molar-refractivity contribution >= 4 is 22.1 Å². The number of aromatic hydroxyl groups is 1. The van der Waals surface area contributed by atoms with E-state index >= 15 is 0 Å². The van der Waals surface area contributed by atoms with Gasteiger partial charge in [0.15, 0.2) is 5.69 Å². The molecule has 16 heavy (non-hydrogen) atoms. The predicted molar refractivity (Wildman–Crippen MR) is 65.4 cm³/mol. The monoisotopic (exact) mass is 216 g/mol. The van der Waals surface area contributed by atoms with Gasteiger partial charge < -0.3 is 10.0 Å². The summed E-state index contributed by atoms with van der Waals surface area (Å²) in [6.45, 7) is 0. The fourth-order valence-corrected chi connectivity index (χ4v) is 1.79. The Balaban J connectivity index is 2.91. The number of anilines is 1. The van der Waals surface area contributed by atoms with Crippen LogP contribution >= 0.6 is 0 Å². The maximum absolute atomic E-state index is 10.7. The third-order valence-corrected chi connectivity index (χ3v) is 2.55. The van der Waals surface area contributed by atoms with Gasteiger partial charge in [0.25, 0.3) is 0 Å². The number of hydrogen-bond donors (Lipinski definition) is 1. The van der Waals surface area contributed by atoms with Gasteiger partial charge in [-0.2, -0.15) is 0 Å². The molecule has 0 heterocycles. The van der Waals surface area contributed by atoms with Crippen LogP contribution < -0.4 is 4.90 Å². The number of benzene rings is 2. The Labute approximate surface area is 93.1 Å². The highest BCUT2D eigenvalue weighted by atomic mass is 16.3. The lowest BCUT2D eigenvalue weighted by Gasteiger charge is -2.16. The lowest BCUT2D eigenvalue weighted by molar-refractivity contribution is 0.477. The van der Waals surface area contributed by atoms with Crippen LogP contribution in [0.4, 0.5) is 11.4 Å². The van der Waals surface area contributed by atoms with E-state index in [1.54, 1.807) is 12.1 Å². The molecule has 0 spiro atoms. The summed E-state index contributed by atoms with van der Waals surface area (Å²) in [4.78, 5) is 12.6. The summed E-state index contributed by atoms with van der Waals surface area (Å²) in [5, 5.41) is 14.2. The van der Waals surface area contributed by atoms with Crippen molar-refractivity contribution in [3.63, 3.8) is 0 Å². The van der Waals surface area contributed by atoms with Crippen LogP contribution in [-0.2, 0) is 0 Å². The maximum atomic E-state index is 10.7. The molecule has 0 bridgehead atoms. The highest BCUT2D eigenvalue weighted by Gasteiger charge is 2.12. The molecule has 0 aliphatic heterocycles. The Morgan fingerprint density at radius 2 is 1.81 bits per heavy atom.